The molecule has 0 saturated carbocycles. The third-order valence-electron chi connectivity index (χ3n) is 5.34. The van der Waals surface area contributed by atoms with Gasteiger partial charge in [-0.3, -0.25) is 13.7 Å². The Bertz CT molecular complexity index is 1350. The molecule has 3 aromatic heterocycles. The van der Waals surface area contributed by atoms with E-state index in [0.29, 0.717) is 24.3 Å². The molecular weight excluding hydrogens is 430 g/mol. The summed E-state index contributed by atoms with van der Waals surface area (Å²) in [5.41, 5.74) is 4.88. The van der Waals surface area contributed by atoms with Crippen LogP contribution in [0.15, 0.2) is 47.5 Å². The fourth-order valence-corrected chi connectivity index (χ4v) is 4.05. The molecule has 168 valence electrons. The van der Waals surface area contributed by atoms with E-state index < -0.39 is 11.3 Å². The lowest BCUT2D eigenvalue weighted by molar-refractivity contribution is 0.296. The fraction of sp³-hybridized carbons (Fsp3) is 0.273. The molecule has 1 aromatic carbocycles. The molecular formula is C22H24N5O4S-. The van der Waals surface area contributed by atoms with Gasteiger partial charge in [0.25, 0.3) is 5.56 Å². The highest BCUT2D eigenvalue weighted by Gasteiger charge is 2.16. The summed E-state index contributed by atoms with van der Waals surface area (Å²) in [4.78, 5) is 15.5. The van der Waals surface area contributed by atoms with Crippen LogP contribution in [0.2, 0.25) is 0 Å². The number of benzene rings is 1. The summed E-state index contributed by atoms with van der Waals surface area (Å²) in [5.74, 6) is 0.661. The van der Waals surface area contributed by atoms with Crippen LogP contribution in [-0.2, 0) is 38.4 Å². The molecule has 4 aromatic rings. The minimum Gasteiger partial charge on any atom is -0.760 e. The predicted molar refractivity (Wildman–Crippen MR) is 122 cm³/mol. The van der Waals surface area contributed by atoms with Gasteiger partial charge in [-0.25, -0.2) is 4.72 Å². The third-order valence-corrected chi connectivity index (χ3v) is 5.78. The summed E-state index contributed by atoms with van der Waals surface area (Å²) in [6, 6.07) is 9.62. The molecule has 0 fully saturated rings. The van der Waals surface area contributed by atoms with Gasteiger partial charge in [0.1, 0.15) is 17.9 Å². The molecule has 0 saturated heterocycles. The highest BCUT2D eigenvalue weighted by Crippen LogP contribution is 2.35. The van der Waals surface area contributed by atoms with Crippen LogP contribution in [0.4, 0.5) is 0 Å². The molecule has 0 aliphatic carbocycles. The molecule has 2 N–H and O–H groups in total. The van der Waals surface area contributed by atoms with Gasteiger partial charge in [0.2, 0.25) is 0 Å². The van der Waals surface area contributed by atoms with Crippen molar-refractivity contribution in [3.63, 3.8) is 0 Å². The zero-order valence-electron chi connectivity index (χ0n) is 18.0. The second-order valence-electron chi connectivity index (χ2n) is 7.62. The van der Waals surface area contributed by atoms with Crippen LogP contribution in [-0.4, -0.2) is 34.6 Å². The normalized spacial score (nSPS) is 12.4. The standard InChI is InChI=1S/C22H25N5O4S/c1-14-10-16(27(3)25-14)13-31-20-5-4-15(6-9-24-32(29)30)11-18(20)19-12-26(2)22(28)21-17(19)7-8-23-21/h4-5,7-8,10-12,23-24H,6,9,13H2,1-3H3,(H,29,30)/p-1. The van der Waals surface area contributed by atoms with Crippen molar-refractivity contribution in [2.45, 2.75) is 20.0 Å². The van der Waals surface area contributed by atoms with Gasteiger partial charge in [0.05, 0.1) is 11.4 Å². The minimum atomic E-state index is -2.30. The van der Waals surface area contributed by atoms with Crippen molar-refractivity contribution in [1.29, 1.82) is 0 Å². The van der Waals surface area contributed by atoms with Gasteiger partial charge in [-0.15, -0.1) is 0 Å². The average molecular weight is 455 g/mol. The van der Waals surface area contributed by atoms with Crippen LogP contribution in [0.5, 0.6) is 5.75 Å². The number of H-pyrrole nitrogens is 1. The number of pyridine rings is 1. The van der Waals surface area contributed by atoms with E-state index in [-0.39, 0.29) is 12.1 Å². The van der Waals surface area contributed by atoms with E-state index in [1.54, 1.807) is 24.1 Å². The van der Waals surface area contributed by atoms with Gasteiger partial charge in [0.15, 0.2) is 0 Å². The molecule has 1 unspecified atom stereocenters. The first-order valence-electron chi connectivity index (χ1n) is 10.1. The minimum absolute atomic E-state index is 0.111. The van der Waals surface area contributed by atoms with Gasteiger partial charge in [-0.2, -0.15) is 5.10 Å². The van der Waals surface area contributed by atoms with Crippen molar-refractivity contribution in [3.05, 3.63) is 70.0 Å². The largest absolute Gasteiger partial charge is 0.760 e. The first kappa shape index (κ1) is 22.0. The molecule has 4 rings (SSSR count). The number of nitrogens with one attached hydrogen (secondary N) is 2. The van der Waals surface area contributed by atoms with Crippen molar-refractivity contribution in [2.75, 3.05) is 6.54 Å². The van der Waals surface area contributed by atoms with Gasteiger partial charge in [0, 0.05) is 60.8 Å². The first-order chi connectivity index (χ1) is 15.3. The summed E-state index contributed by atoms with van der Waals surface area (Å²) in [6.07, 6.45) is 4.06. The predicted octanol–water partition coefficient (Wildman–Crippen LogP) is 2.08. The third kappa shape index (κ3) is 4.52. The summed E-state index contributed by atoms with van der Waals surface area (Å²) in [5, 5.41) is 5.15. The molecule has 1 atom stereocenters. The Kier molecular flexibility index (Phi) is 6.26. The number of nitrogens with zero attached hydrogens (tertiary/aromatic N) is 3. The Morgan fingerprint density at radius 2 is 2.03 bits per heavy atom. The van der Waals surface area contributed by atoms with Crippen molar-refractivity contribution in [1.82, 2.24) is 24.1 Å². The molecule has 10 heteroatoms. The zero-order chi connectivity index (χ0) is 22.8. The van der Waals surface area contributed by atoms with E-state index in [0.717, 1.165) is 33.5 Å². The van der Waals surface area contributed by atoms with Crippen molar-refractivity contribution < 1.29 is 13.5 Å². The van der Waals surface area contributed by atoms with Crippen LogP contribution in [0.25, 0.3) is 22.0 Å². The second kappa shape index (κ2) is 9.11. The molecule has 0 aliphatic heterocycles. The number of hydrogen-bond donors (Lipinski definition) is 2. The van der Waals surface area contributed by atoms with E-state index >= 15 is 0 Å². The second-order valence-corrected chi connectivity index (χ2v) is 8.38. The number of aromatic amines is 1. The molecule has 32 heavy (non-hydrogen) atoms. The highest BCUT2D eigenvalue weighted by atomic mass is 32.2. The maximum atomic E-state index is 12.5. The number of fused-ring (bicyclic) bond motifs is 1. The summed E-state index contributed by atoms with van der Waals surface area (Å²) in [6.45, 7) is 2.55. The van der Waals surface area contributed by atoms with E-state index in [9.17, 15) is 13.6 Å². The molecule has 0 amide bonds. The van der Waals surface area contributed by atoms with Gasteiger partial charge in [-0.05, 0) is 43.2 Å². The lowest BCUT2D eigenvalue weighted by Crippen LogP contribution is -2.19. The summed E-state index contributed by atoms with van der Waals surface area (Å²) < 4.78 is 33.5. The van der Waals surface area contributed by atoms with E-state index in [1.165, 1.54) is 4.57 Å². The van der Waals surface area contributed by atoms with Crippen molar-refractivity contribution in [3.8, 4) is 16.9 Å². The van der Waals surface area contributed by atoms with Gasteiger partial charge in [-0.1, -0.05) is 6.07 Å². The van der Waals surface area contributed by atoms with Crippen LogP contribution in [0, 0.1) is 6.92 Å². The van der Waals surface area contributed by atoms with Gasteiger partial charge < -0.3 is 18.8 Å². The molecule has 9 nitrogen and oxygen atoms in total. The molecule has 3 heterocycles. The molecule has 0 radical (unpaired) electrons. The summed E-state index contributed by atoms with van der Waals surface area (Å²) >= 11 is -2.30. The average Bonchev–Trinajstić information content (AvgIpc) is 3.36. The lowest BCUT2D eigenvalue weighted by Gasteiger charge is -2.16. The number of hydrogen-bond acceptors (Lipinski definition) is 5. The zero-order valence-corrected chi connectivity index (χ0v) is 18.9. The van der Waals surface area contributed by atoms with E-state index in [2.05, 4.69) is 14.8 Å². The van der Waals surface area contributed by atoms with Gasteiger partial charge >= 0.3 is 0 Å². The van der Waals surface area contributed by atoms with Crippen molar-refractivity contribution >= 4 is 22.2 Å². The monoisotopic (exact) mass is 454 g/mol. The Labute approximate surface area is 187 Å². The van der Waals surface area contributed by atoms with Crippen LogP contribution in [0.1, 0.15) is 17.0 Å². The number of aryl methyl sites for hydroxylation is 3. The van der Waals surface area contributed by atoms with Crippen LogP contribution >= 0.6 is 0 Å². The van der Waals surface area contributed by atoms with E-state index in [1.807, 2.05) is 44.3 Å². The Hall–Kier alpha value is -3.21. The van der Waals surface area contributed by atoms with Crippen molar-refractivity contribution in [2.24, 2.45) is 14.1 Å². The fourth-order valence-electron chi connectivity index (χ4n) is 3.78. The maximum absolute atomic E-state index is 12.5. The number of rotatable bonds is 8. The Morgan fingerprint density at radius 1 is 1.22 bits per heavy atom. The maximum Gasteiger partial charge on any atom is 0.274 e. The number of ether oxygens (including phenoxy) is 1. The van der Waals surface area contributed by atoms with Crippen LogP contribution < -0.4 is 15.0 Å². The van der Waals surface area contributed by atoms with E-state index in [4.69, 9.17) is 4.74 Å². The topological polar surface area (TPSA) is 117 Å². The van der Waals surface area contributed by atoms with Crippen LogP contribution in [0.3, 0.4) is 0 Å². The lowest BCUT2D eigenvalue weighted by atomic mass is 9.99. The quantitative estimate of drug-likeness (QED) is 0.395. The molecule has 0 spiro atoms. The number of aromatic nitrogens is 4. The summed E-state index contributed by atoms with van der Waals surface area (Å²) in [7, 11) is 3.58. The Morgan fingerprint density at radius 3 is 2.75 bits per heavy atom. The Balaban J connectivity index is 1.76. The molecule has 0 bridgehead atoms. The molecule has 0 aliphatic rings. The first-order valence-corrected chi connectivity index (χ1v) is 11.2. The smallest absolute Gasteiger partial charge is 0.274 e. The highest BCUT2D eigenvalue weighted by molar-refractivity contribution is 7.77. The SMILES string of the molecule is Cc1cc(COc2ccc(CCNS(=O)[O-])cc2-c2cn(C)c(=O)c3[nH]ccc23)n(C)n1.